The van der Waals surface area contributed by atoms with Crippen LogP contribution in [0.25, 0.3) is 0 Å². The Kier molecular flexibility index (Phi) is 69.2. The second-order valence-electron chi connectivity index (χ2n) is 37.4. The maximum Gasteiger partial charge on any atom is 0.410 e. The summed E-state index contributed by atoms with van der Waals surface area (Å²) in [6.45, 7) is 31.8. The maximum absolute atomic E-state index is 14.3. The summed E-state index contributed by atoms with van der Waals surface area (Å²) in [5.74, 6) is -6.19. The van der Waals surface area contributed by atoms with Gasteiger partial charge in [-0.1, -0.05) is 144 Å². The van der Waals surface area contributed by atoms with Gasteiger partial charge >= 0.3 is 12.1 Å². The van der Waals surface area contributed by atoms with Gasteiger partial charge in [0.2, 0.25) is 17.7 Å². The van der Waals surface area contributed by atoms with Crippen LogP contribution < -0.4 is 21.7 Å². The summed E-state index contributed by atoms with van der Waals surface area (Å²) in [6, 6.07) is 18.9. The van der Waals surface area contributed by atoms with Gasteiger partial charge in [0, 0.05) is 129 Å². The van der Waals surface area contributed by atoms with Crippen LogP contribution in [0.1, 0.15) is 191 Å². The lowest BCUT2D eigenvalue weighted by Crippen LogP contribution is -2.49. The van der Waals surface area contributed by atoms with E-state index in [1.54, 1.807) is 80.6 Å². The predicted octanol–water partition coefficient (Wildman–Crippen LogP) is 10.9. The number of nitrogens with one attached hydrogen (secondary N) is 3. The van der Waals surface area contributed by atoms with Crippen molar-refractivity contribution >= 4 is 74.4 Å². The number of ketones is 4. The molecule has 6 N–H and O–H groups in total. The number of sulfone groups is 1. The van der Waals surface area contributed by atoms with E-state index in [0.29, 0.717) is 195 Å². The van der Waals surface area contributed by atoms with E-state index in [4.69, 9.17) is 86.3 Å². The molecule has 38 heteroatoms. The van der Waals surface area contributed by atoms with Gasteiger partial charge in [0.1, 0.15) is 12.4 Å². The maximum atomic E-state index is 14.3. The molecular weight excluding hydrogens is 1870 g/mol. The molecule has 0 radical (unpaired) electrons. The monoisotopic (exact) mass is 2050 g/mol. The van der Waals surface area contributed by atoms with Crippen LogP contribution in [0.15, 0.2) is 78.9 Å². The zero-order valence-corrected chi connectivity index (χ0v) is 89.6. The predicted molar refractivity (Wildman–Crippen MR) is 544 cm³/mol. The van der Waals surface area contributed by atoms with Crippen LogP contribution in [-0.2, 0) is 126 Å². The lowest BCUT2D eigenvalue weighted by Gasteiger charge is -2.35. The number of hydrogen-bond acceptors (Lipinski definition) is 30. The Morgan fingerprint density at radius 3 is 1.45 bits per heavy atom. The van der Waals surface area contributed by atoms with Gasteiger partial charge < -0.3 is 122 Å². The number of carbonyl (C=O) groups is 10. The van der Waals surface area contributed by atoms with Crippen molar-refractivity contribution < 1.29 is 142 Å². The van der Waals surface area contributed by atoms with E-state index < -0.39 is 93.0 Å². The number of rotatable bonds is 83. The number of nitrogens with zero attached hydrogens (tertiary/aromatic N) is 3. The Bertz CT molecular complexity index is 4100. The molecule has 0 aliphatic carbocycles. The van der Waals surface area contributed by atoms with Crippen LogP contribution in [0.5, 0.6) is 0 Å². The Morgan fingerprint density at radius 2 is 0.993 bits per heavy atom. The SMILES string of the molecule is CC[C@H](C)[C@H](C)[C@@H](CC(=O)N1CCC[C@H]1[C@H](OC)[C@@H](C)C(=O)C[C@H](C)[C@@H](O)c1ccccc1)OC.COCCOCCOCCOCCOCCOCCOCCCCC(CS(=O)(=O)CCOCCOCCOCCOCCOCCOCCOC)C(=O)c1ccc(C(=O)N[C@H](C(=O)C[C@@H](CCCNC(N)=O)C(=O)Nc2ccc(COC(=O)N(C)[C@H](C(=O)C[C@H](C(=O)N(C)C)C(C)C)C(C)C)cc2)C(C)C)cc1. The fourth-order valence-electron chi connectivity index (χ4n) is 16.3. The number of aliphatic hydroxyl groups is 1. The van der Waals surface area contributed by atoms with Crippen molar-refractivity contribution in [2.45, 2.75) is 196 Å². The highest BCUT2D eigenvalue weighted by molar-refractivity contribution is 7.91. The van der Waals surface area contributed by atoms with Gasteiger partial charge in [0.25, 0.3) is 5.91 Å². The minimum absolute atomic E-state index is 0.0369. The second-order valence-corrected chi connectivity index (χ2v) is 39.6. The number of primary amides is 1. The molecule has 3 aromatic carbocycles. The topological polar surface area (TPSA) is 454 Å². The van der Waals surface area contributed by atoms with Crippen molar-refractivity contribution in [3.05, 3.63) is 101 Å². The third-order valence-electron chi connectivity index (χ3n) is 25.1. The number of methoxy groups -OCH3 is 4. The highest BCUT2D eigenvalue weighted by Gasteiger charge is 2.42. The Morgan fingerprint density at radius 1 is 0.510 bits per heavy atom. The van der Waals surface area contributed by atoms with Crippen molar-refractivity contribution in [3.63, 3.8) is 0 Å². The van der Waals surface area contributed by atoms with E-state index in [1.807, 2.05) is 76.8 Å². The smallest absolute Gasteiger partial charge is 0.410 e. The first kappa shape index (κ1) is 129. The zero-order chi connectivity index (χ0) is 106. The third kappa shape index (κ3) is 54.0. The Hall–Kier alpha value is -7.97. The van der Waals surface area contributed by atoms with Crippen molar-refractivity contribution in [3.8, 4) is 0 Å². The first-order chi connectivity index (χ1) is 68.5. The van der Waals surface area contributed by atoms with Gasteiger partial charge in [-0.2, -0.15) is 0 Å². The van der Waals surface area contributed by atoms with Gasteiger partial charge in [-0.15, -0.1) is 0 Å². The van der Waals surface area contributed by atoms with Crippen LogP contribution in [0.3, 0.4) is 0 Å². The summed E-state index contributed by atoms with van der Waals surface area (Å²) in [5, 5.41) is 18.9. The molecule has 0 bridgehead atoms. The quantitative estimate of drug-likeness (QED) is 0.0259. The summed E-state index contributed by atoms with van der Waals surface area (Å²) < 4.78 is 121. The Labute approximate surface area is 851 Å². The lowest BCUT2D eigenvalue weighted by molar-refractivity contribution is -0.142. The molecule has 0 spiro atoms. The average molecular weight is 2050 g/mol. The molecule has 1 aliphatic heterocycles. The Balaban J connectivity index is 0.00000125. The number of Topliss-reactive ketones (excluding diaryl/α,β-unsaturated/α-hetero) is 4. The number of amides is 7. The molecule has 0 saturated carbocycles. The summed E-state index contributed by atoms with van der Waals surface area (Å²) in [4.78, 5) is 139. The molecule has 7 amide bonds. The third-order valence-corrected chi connectivity index (χ3v) is 26.8. The number of carbonyl (C=O) groups excluding carboxylic acids is 10. The molecule has 0 aromatic heterocycles. The van der Waals surface area contributed by atoms with E-state index >= 15 is 0 Å². The summed E-state index contributed by atoms with van der Waals surface area (Å²) in [6.07, 6.45) is 2.75. The van der Waals surface area contributed by atoms with Crippen LogP contribution >= 0.6 is 0 Å². The van der Waals surface area contributed by atoms with Crippen LogP contribution in [0.2, 0.25) is 0 Å². The molecule has 4 rings (SSSR count). The molecule has 1 aliphatic rings. The number of benzene rings is 3. The van der Waals surface area contributed by atoms with Crippen molar-refractivity contribution in [1.29, 1.82) is 0 Å². The summed E-state index contributed by atoms with van der Waals surface area (Å²) in [5.41, 5.74) is 7.35. The molecule has 1 fully saturated rings. The molecular formula is C105H175N7O30S. The normalized spacial score (nSPS) is 15.3. The largest absolute Gasteiger partial charge is 0.445 e. The number of aliphatic hydroxyl groups excluding tert-OH is 1. The number of urea groups is 1. The number of unbranched alkanes of at least 4 members (excludes halogenated alkanes) is 1. The van der Waals surface area contributed by atoms with Crippen molar-refractivity contribution in [2.24, 2.45) is 64.9 Å². The fraction of sp³-hybridized carbons (Fsp3) is 0.733. The van der Waals surface area contributed by atoms with E-state index in [-0.39, 0.29) is 160 Å². The second kappa shape index (κ2) is 76.5. The number of anilines is 1. The lowest BCUT2D eigenvalue weighted by atomic mass is 9.85. The highest BCUT2D eigenvalue weighted by atomic mass is 32.2. The summed E-state index contributed by atoms with van der Waals surface area (Å²) in [7, 11) is 7.47. The number of likely N-dealkylation sites (tertiary alicyclic amines) is 1. The minimum atomic E-state index is -3.83. The van der Waals surface area contributed by atoms with E-state index in [2.05, 4.69) is 36.7 Å². The molecule has 3 aromatic rings. The molecule has 1 heterocycles. The molecule has 13 atom stereocenters. The van der Waals surface area contributed by atoms with Crippen molar-refractivity contribution in [2.75, 3.05) is 251 Å². The molecule has 1 saturated heterocycles. The van der Waals surface area contributed by atoms with Gasteiger partial charge in [-0.25, -0.2) is 18.0 Å². The highest BCUT2D eigenvalue weighted by Crippen LogP contribution is 2.34. The van der Waals surface area contributed by atoms with E-state index in [0.717, 1.165) is 24.8 Å². The van der Waals surface area contributed by atoms with Gasteiger partial charge in [0.05, 0.1) is 220 Å². The fourth-order valence-corrected chi connectivity index (χ4v) is 17.8. The van der Waals surface area contributed by atoms with Gasteiger partial charge in [-0.05, 0) is 109 Å². The molecule has 37 nitrogen and oxygen atoms in total. The first-order valence-electron chi connectivity index (χ1n) is 50.8. The molecule has 143 heavy (non-hydrogen) atoms. The van der Waals surface area contributed by atoms with Crippen LogP contribution in [0.4, 0.5) is 15.3 Å². The van der Waals surface area contributed by atoms with Crippen LogP contribution in [-0.4, -0.2) is 363 Å². The summed E-state index contributed by atoms with van der Waals surface area (Å²) >= 11 is 0. The number of nitrogens with two attached hydrogens (primary N) is 1. The van der Waals surface area contributed by atoms with Gasteiger partial charge in [-0.3, -0.25) is 38.4 Å². The van der Waals surface area contributed by atoms with E-state index in [1.165, 1.54) is 41.1 Å². The standard InChI is InChI=1S/C76H128N6O25S.C29H47NO5/c1-57(2)66(74(88)81(7)8)54-68(84)70(59(5)6)82(9)76(90)107-55-60-17-23-65(24-18-60)79-73(87)63(16-14-25-78-75(77)89)53-67(83)69(58(3)4)80-72(86)62-21-19-61(20-22-62)71(85)64(15-12-13-26-95-31-32-98-37-38-101-43-44-102-41-39-99-35-33-96-29-27-93-10)56-108(91,92)52-51-106-50-49-105-48-47-104-46-45-103-42-40-100-36-34-97-30-28-94-11;1-8-19(2)21(4)26(34-6)18-27(32)30-16-12-15-24(30)29(35-7)22(5)25(31)17-20(3)28(33)23-13-10-9-11-14-23/h17-24,57-59,63-64,66,69-70H,12-16,25-56H2,1-11H3,(H,79,87)(H,80,86)(H3,77,78,89);9-11,13-14,19-22,24,26,28-29,33H,8,12,15-18H2,1-7H3/t63-,64?,66+,69+,70+;19-,20-,21-,22-,24-,26+,28+,29+/m10/s1. The molecule has 816 valence electrons. The number of ether oxygens (including phenoxy) is 17. The first-order valence-corrected chi connectivity index (χ1v) is 52.6. The number of hydrogen-bond donors (Lipinski definition) is 5. The molecule has 1 unspecified atom stereocenters. The number of likely N-dealkylation sites (N-methyl/N-ethyl adjacent to an activating group) is 1. The zero-order valence-electron chi connectivity index (χ0n) is 88.8. The van der Waals surface area contributed by atoms with Crippen LogP contribution in [0, 0.1) is 59.2 Å². The minimum Gasteiger partial charge on any atom is -0.445 e. The van der Waals surface area contributed by atoms with Gasteiger partial charge in [0.15, 0.2) is 27.2 Å². The van der Waals surface area contributed by atoms with E-state index in [9.17, 15) is 61.5 Å². The van der Waals surface area contributed by atoms with Crippen molar-refractivity contribution in [1.82, 2.24) is 25.3 Å². The average Bonchev–Trinajstić information content (AvgIpc) is 1.64.